The lowest BCUT2D eigenvalue weighted by molar-refractivity contribution is -0.117. The Kier molecular flexibility index (Phi) is 6.68. The molecule has 0 aliphatic carbocycles. The Balaban J connectivity index is 1.86. The maximum Gasteiger partial charge on any atom is 0.238 e. The van der Waals surface area contributed by atoms with Crippen molar-refractivity contribution < 1.29 is 4.79 Å². The second-order valence-corrected chi connectivity index (χ2v) is 6.50. The molecular weight excluding hydrogens is 304 g/mol. The van der Waals surface area contributed by atoms with Gasteiger partial charge in [-0.3, -0.25) is 9.69 Å². The molecule has 0 fully saturated rings. The number of nitrogens with zero attached hydrogens (tertiary/aromatic N) is 1. The van der Waals surface area contributed by atoms with Gasteiger partial charge in [0.05, 0.1) is 6.54 Å². The van der Waals surface area contributed by atoms with Crippen LogP contribution in [-0.2, 0) is 17.8 Å². The van der Waals surface area contributed by atoms with Gasteiger partial charge in [0.2, 0.25) is 5.91 Å². The van der Waals surface area contributed by atoms with Gasteiger partial charge < -0.3 is 5.32 Å². The number of anilines is 1. The third kappa shape index (κ3) is 5.73. The van der Waals surface area contributed by atoms with Gasteiger partial charge in [0.15, 0.2) is 0 Å². The van der Waals surface area contributed by atoms with Crippen molar-refractivity contribution in [2.45, 2.75) is 24.8 Å². The van der Waals surface area contributed by atoms with Gasteiger partial charge in [-0.15, -0.1) is 11.8 Å². The topological polar surface area (TPSA) is 32.3 Å². The van der Waals surface area contributed by atoms with Crippen LogP contribution < -0.4 is 5.32 Å². The molecule has 0 saturated heterocycles. The molecular formula is C19H24N2OS. The van der Waals surface area contributed by atoms with Gasteiger partial charge in [0, 0.05) is 17.1 Å². The van der Waals surface area contributed by atoms with Crippen molar-refractivity contribution in [2.75, 3.05) is 25.2 Å². The third-order valence-corrected chi connectivity index (χ3v) is 4.39. The Labute approximate surface area is 143 Å². The number of likely N-dealkylation sites (N-methyl/N-ethyl adjacent to an activating group) is 1. The van der Waals surface area contributed by atoms with E-state index < -0.39 is 0 Å². The van der Waals surface area contributed by atoms with Gasteiger partial charge in [0.1, 0.15) is 0 Å². The number of nitrogens with one attached hydrogen (secondary N) is 1. The highest BCUT2D eigenvalue weighted by Gasteiger charge is 2.08. The van der Waals surface area contributed by atoms with Gasteiger partial charge in [-0.25, -0.2) is 0 Å². The van der Waals surface area contributed by atoms with Crippen molar-refractivity contribution in [1.82, 2.24) is 4.90 Å². The standard InChI is InChI=1S/C19H24N2OS/c1-4-15-6-5-7-17(12-15)20-19(22)14-21(2)13-16-8-10-18(23-3)11-9-16/h5-12H,4,13-14H2,1-3H3,(H,20,22). The van der Waals surface area contributed by atoms with Crippen molar-refractivity contribution in [1.29, 1.82) is 0 Å². The number of aryl methyl sites for hydroxylation is 1. The summed E-state index contributed by atoms with van der Waals surface area (Å²) in [5, 5.41) is 2.97. The van der Waals surface area contributed by atoms with Crippen LogP contribution in [0.15, 0.2) is 53.4 Å². The fourth-order valence-corrected chi connectivity index (χ4v) is 2.82. The third-order valence-electron chi connectivity index (χ3n) is 3.64. The van der Waals surface area contributed by atoms with E-state index in [4.69, 9.17) is 0 Å². The second-order valence-electron chi connectivity index (χ2n) is 5.62. The zero-order chi connectivity index (χ0) is 16.7. The summed E-state index contributed by atoms with van der Waals surface area (Å²) in [6.45, 7) is 3.24. The highest BCUT2D eigenvalue weighted by Crippen LogP contribution is 2.15. The van der Waals surface area contributed by atoms with E-state index in [2.05, 4.69) is 48.8 Å². The molecule has 3 nitrogen and oxygen atoms in total. The molecule has 23 heavy (non-hydrogen) atoms. The predicted molar refractivity (Wildman–Crippen MR) is 99.0 cm³/mol. The normalized spacial score (nSPS) is 10.8. The first-order chi connectivity index (χ1) is 11.1. The zero-order valence-electron chi connectivity index (χ0n) is 14.0. The predicted octanol–water partition coefficient (Wildman–Crippen LogP) is 4.04. The minimum atomic E-state index is 0.0153. The molecule has 1 N–H and O–H groups in total. The molecule has 0 aliphatic heterocycles. The Morgan fingerprint density at radius 3 is 2.52 bits per heavy atom. The summed E-state index contributed by atoms with van der Waals surface area (Å²) in [5.41, 5.74) is 3.31. The van der Waals surface area contributed by atoms with Crippen LogP contribution in [0.4, 0.5) is 5.69 Å². The fourth-order valence-electron chi connectivity index (χ4n) is 2.41. The smallest absolute Gasteiger partial charge is 0.238 e. The van der Waals surface area contributed by atoms with E-state index in [1.807, 2.05) is 30.1 Å². The van der Waals surface area contributed by atoms with Crippen LogP contribution in [0.25, 0.3) is 0 Å². The van der Waals surface area contributed by atoms with Gasteiger partial charge >= 0.3 is 0 Å². The van der Waals surface area contributed by atoms with Crippen molar-refractivity contribution in [2.24, 2.45) is 0 Å². The fraction of sp³-hybridized carbons (Fsp3) is 0.316. The molecule has 2 aromatic rings. The summed E-state index contributed by atoms with van der Waals surface area (Å²) in [7, 11) is 1.96. The zero-order valence-corrected chi connectivity index (χ0v) is 14.8. The SMILES string of the molecule is CCc1cccc(NC(=O)CN(C)Cc2ccc(SC)cc2)c1. The van der Waals surface area contributed by atoms with Crippen LogP contribution in [0.3, 0.4) is 0 Å². The molecule has 0 bridgehead atoms. The number of carbonyl (C=O) groups is 1. The maximum atomic E-state index is 12.2. The summed E-state index contributed by atoms with van der Waals surface area (Å²) in [6.07, 6.45) is 3.04. The van der Waals surface area contributed by atoms with Crippen molar-refractivity contribution in [3.05, 3.63) is 59.7 Å². The Morgan fingerprint density at radius 1 is 1.13 bits per heavy atom. The van der Waals surface area contributed by atoms with Crippen LogP contribution in [0.2, 0.25) is 0 Å². The number of rotatable bonds is 7. The first kappa shape index (κ1) is 17.6. The van der Waals surface area contributed by atoms with Crippen LogP contribution in [0.5, 0.6) is 0 Å². The monoisotopic (exact) mass is 328 g/mol. The summed E-state index contributed by atoms with van der Waals surface area (Å²) in [5.74, 6) is 0.0153. The molecule has 2 rings (SSSR count). The van der Waals surface area contributed by atoms with E-state index >= 15 is 0 Å². The molecule has 2 aromatic carbocycles. The summed E-state index contributed by atoms with van der Waals surface area (Å²) >= 11 is 1.73. The summed E-state index contributed by atoms with van der Waals surface area (Å²) in [4.78, 5) is 15.4. The van der Waals surface area contributed by atoms with Crippen molar-refractivity contribution >= 4 is 23.4 Å². The van der Waals surface area contributed by atoms with Gasteiger partial charge in [0.25, 0.3) is 0 Å². The number of amides is 1. The average Bonchev–Trinajstić information content (AvgIpc) is 2.55. The molecule has 0 atom stereocenters. The quantitative estimate of drug-likeness (QED) is 0.779. The molecule has 0 spiro atoms. The van der Waals surface area contributed by atoms with Crippen LogP contribution >= 0.6 is 11.8 Å². The lowest BCUT2D eigenvalue weighted by Gasteiger charge is -2.16. The molecule has 122 valence electrons. The Hall–Kier alpha value is -1.78. The first-order valence-electron chi connectivity index (χ1n) is 7.81. The van der Waals surface area contributed by atoms with E-state index in [9.17, 15) is 4.79 Å². The number of hydrogen-bond acceptors (Lipinski definition) is 3. The largest absolute Gasteiger partial charge is 0.325 e. The van der Waals surface area contributed by atoms with Crippen LogP contribution in [0, 0.1) is 0 Å². The van der Waals surface area contributed by atoms with E-state index in [0.29, 0.717) is 6.54 Å². The highest BCUT2D eigenvalue weighted by molar-refractivity contribution is 7.98. The molecule has 0 radical (unpaired) electrons. The van der Waals surface area contributed by atoms with E-state index in [1.165, 1.54) is 16.0 Å². The second kappa shape index (κ2) is 8.75. The summed E-state index contributed by atoms with van der Waals surface area (Å²) < 4.78 is 0. The number of hydrogen-bond donors (Lipinski definition) is 1. The molecule has 0 unspecified atom stereocenters. The molecule has 0 aliphatic rings. The van der Waals surface area contributed by atoms with Crippen molar-refractivity contribution in [3.8, 4) is 0 Å². The molecule has 4 heteroatoms. The minimum absolute atomic E-state index is 0.0153. The minimum Gasteiger partial charge on any atom is -0.325 e. The van der Waals surface area contributed by atoms with Crippen LogP contribution in [0.1, 0.15) is 18.1 Å². The average molecular weight is 328 g/mol. The first-order valence-corrected chi connectivity index (χ1v) is 9.03. The van der Waals surface area contributed by atoms with Gasteiger partial charge in [-0.2, -0.15) is 0 Å². The van der Waals surface area contributed by atoms with Crippen molar-refractivity contribution in [3.63, 3.8) is 0 Å². The Morgan fingerprint density at radius 2 is 1.87 bits per heavy atom. The molecule has 0 saturated carbocycles. The highest BCUT2D eigenvalue weighted by atomic mass is 32.2. The van der Waals surface area contributed by atoms with E-state index in [1.54, 1.807) is 11.8 Å². The van der Waals surface area contributed by atoms with Gasteiger partial charge in [-0.1, -0.05) is 31.2 Å². The summed E-state index contributed by atoms with van der Waals surface area (Å²) in [6, 6.07) is 16.5. The number of thioether (sulfide) groups is 1. The van der Waals surface area contributed by atoms with Crippen LogP contribution in [-0.4, -0.2) is 30.7 Å². The lowest BCUT2D eigenvalue weighted by atomic mass is 10.1. The van der Waals surface area contributed by atoms with Gasteiger partial charge in [-0.05, 0) is 55.1 Å². The van der Waals surface area contributed by atoms with E-state index in [-0.39, 0.29) is 5.91 Å². The molecule has 1 amide bonds. The van der Waals surface area contributed by atoms with E-state index in [0.717, 1.165) is 18.7 Å². The Bertz CT molecular complexity index is 640. The number of benzene rings is 2. The lowest BCUT2D eigenvalue weighted by Crippen LogP contribution is -2.29. The number of carbonyl (C=O) groups excluding carboxylic acids is 1. The molecule has 0 heterocycles. The maximum absolute atomic E-state index is 12.2. The molecule has 0 aromatic heterocycles.